The molecule has 25 heavy (non-hydrogen) atoms. The van der Waals surface area contributed by atoms with Gasteiger partial charge in [-0.05, 0) is 29.8 Å². The van der Waals surface area contributed by atoms with Crippen molar-refractivity contribution in [3.8, 4) is 11.5 Å². The van der Waals surface area contributed by atoms with Gasteiger partial charge < -0.3 is 14.8 Å². The van der Waals surface area contributed by atoms with Crippen LogP contribution in [0.2, 0.25) is 0 Å². The molecule has 0 aliphatic carbocycles. The van der Waals surface area contributed by atoms with E-state index in [4.69, 9.17) is 4.74 Å². The molecule has 0 spiro atoms. The first-order valence-electron chi connectivity index (χ1n) is 7.57. The number of hydrogen-bond donors (Lipinski definition) is 2. The summed E-state index contributed by atoms with van der Waals surface area (Å²) in [4.78, 5) is 20.0. The van der Waals surface area contributed by atoms with Crippen LogP contribution in [0.1, 0.15) is 5.56 Å². The molecule has 0 bridgehead atoms. The number of H-pyrrole nitrogens is 1. The second-order valence-electron chi connectivity index (χ2n) is 5.46. The highest BCUT2D eigenvalue weighted by atomic mass is 16.5. The molecular formula is C18H14N4O3. The third-order valence-electron chi connectivity index (χ3n) is 3.93. The predicted molar refractivity (Wildman–Crippen MR) is 95.5 cm³/mol. The number of aromatic hydroxyl groups is 1. The molecule has 0 amide bonds. The number of para-hydroxylation sites is 1. The molecule has 0 saturated carbocycles. The molecule has 0 radical (unpaired) electrons. The molecule has 2 heterocycles. The predicted octanol–water partition coefficient (Wildman–Crippen LogP) is 2.47. The number of aromatic amines is 1. The van der Waals surface area contributed by atoms with Crippen molar-refractivity contribution >= 4 is 28.2 Å². The number of fused-ring (bicyclic) bond motifs is 3. The summed E-state index contributed by atoms with van der Waals surface area (Å²) < 4.78 is 6.22. The monoisotopic (exact) mass is 334 g/mol. The Kier molecular flexibility index (Phi) is 3.46. The summed E-state index contributed by atoms with van der Waals surface area (Å²) in [5.74, 6) is 0.374. The maximum absolute atomic E-state index is 12.6. The number of rotatable bonds is 3. The Labute approximate surface area is 141 Å². The van der Waals surface area contributed by atoms with Crippen molar-refractivity contribution < 1.29 is 9.84 Å². The molecule has 2 N–H and O–H groups in total. The smallest absolute Gasteiger partial charge is 0.298 e. The van der Waals surface area contributed by atoms with Crippen molar-refractivity contribution in [3.05, 3.63) is 64.7 Å². The largest absolute Gasteiger partial charge is 0.504 e. The van der Waals surface area contributed by atoms with Crippen LogP contribution in [-0.2, 0) is 0 Å². The highest BCUT2D eigenvalue weighted by Gasteiger charge is 2.10. The molecule has 0 aliphatic heterocycles. The van der Waals surface area contributed by atoms with Crippen LogP contribution >= 0.6 is 0 Å². The van der Waals surface area contributed by atoms with Crippen LogP contribution in [0.25, 0.3) is 21.9 Å². The van der Waals surface area contributed by atoms with Crippen LogP contribution in [0.15, 0.2) is 58.7 Å². The molecule has 124 valence electrons. The van der Waals surface area contributed by atoms with Gasteiger partial charge in [0.2, 0.25) is 0 Å². The molecule has 4 aromatic rings. The van der Waals surface area contributed by atoms with Gasteiger partial charge in [0.15, 0.2) is 11.5 Å². The van der Waals surface area contributed by atoms with E-state index in [-0.39, 0.29) is 11.3 Å². The Morgan fingerprint density at radius 3 is 2.96 bits per heavy atom. The Bertz CT molecular complexity index is 1170. The number of benzene rings is 2. The summed E-state index contributed by atoms with van der Waals surface area (Å²) in [5, 5.41) is 14.7. The van der Waals surface area contributed by atoms with Gasteiger partial charge in [0, 0.05) is 10.9 Å². The first kappa shape index (κ1) is 14.9. The van der Waals surface area contributed by atoms with Crippen molar-refractivity contribution in [2.75, 3.05) is 7.11 Å². The van der Waals surface area contributed by atoms with E-state index in [1.54, 1.807) is 12.1 Å². The minimum absolute atomic E-state index is 0.0398. The van der Waals surface area contributed by atoms with Gasteiger partial charge in [0.25, 0.3) is 5.56 Å². The van der Waals surface area contributed by atoms with Gasteiger partial charge in [-0.3, -0.25) is 4.79 Å². The maximum Gasteiger partial charge on any atom is 0.298 e. The Balaban J connectivity index is 1.78. The summed E-state index contributed by atoms with van der Waals surface area (Å²) in [6.45, 7) is 0. The SMILES string of the molecule is COc1cc(/C=N/n2cnc3c([nH]c4ccccc43)c2=O)ccc1O. The van der Waals surface area contributed by atoms with Gasteiger partial charge in [-0.2, -0.15) is 9.78 Å². The van der Waals surface area contributed by atoms with Crippen LogP contribution in [-0.4, -0.2) is 33.1 Å². The number of phenolic OH excluding ortho intramolecular Hbond substituents is 1. The number of methoxy groups -OCH3 is 1. The van der Waals surface area contributed by atoms with Gasteiger partial charge in [-0.15, -0.1) is 0 Å². The molecule has 7 heteroatoms. The van der Waals surface area contributed by atoms with Crippen molar-refractivity contribution in [1.29, 1.82) is 0 Å². The summed E-state index contributed by atoms with van der Waals surface area (Å²) in [6, 6.07) is 12.4. The average molecular weight is 334 g/mol. The standard InChI is InChI=1S/C18H14N4O3/c1-25-15-8-11(6-7-14(15)23)9-20-22-10-19-16-12-4-2-3-5-13(12)21-17(16)18(22)24/h2-10,21,23H,1H3/b20-9+. The van der Waals surface area contributed by atoms with Gasteiger partial charge in [-0.25, -0.2) is 4.98 Å². The fraction of sp³-hybridized carbons (Fsp3) is 0.0556. The molecule has 2 aromatic heterocycles. The first-order valence-corrected chi connectivity index (χ1v) is 7.57. The van der Waals surface area contributed by atoms with E-state index in [2.05, 4.69) is 15.1 Å². The van der Waals surface area contributed by atoms with Crippen molar-refractivity contribution in [2.24, 2.45) is 5.10 Å². The molecule has 2 aromatic carbocycles. The van der Waals surface area contributed by atoms with Crippen LogP contribution < -0.4 is 10.3 Å². The lowest BCUT2D eigenvalue weighted by atomic mass is 10.2. The topological polar surface area (TPSA) is 92.5 Å². The molecule has 7 nitrogen and oxygen atoms in total. The molecule has 0 fully saturated rings. The quantitative estimate of drug-likeness (QED) is 0.563. The molecule has 0 aliphatic rings. The first-order chi connectivity index (χ1) is 12.2. The van der Waals surface area contributed by atoms with Gasteiger partial charge in [-0.1, -0.05) is 18.2 Å². The second kappa shape index (κ2) is 5.79. The van der Waals surface area contributed by atoms with E-state index < -0.39 is 0 Å². The van der Waals surface area contributed by atoms with Crippen LogP contribution in [0.5, 0.6) is 11.5 Å². The molecule has 0 unspecified atom stereocenters. The zero-order chi connectivity index (χ0) is 17.4. The number of nitrogens with one attached hydrogen (secondary N) is 1. The summed E-state index contributed by atoms with van der Waals surface area (Å²) in [5.41, 5.74) is 2.27. The van der Waals surface area contributed by atoms with E-state index >= 15 is 0 Å². The number of hydrogen-bond acceptors (Lipinski definition) is 5. The zero-order valence-electron chi connectivity index (χ0n) is 13.3. The van der Waals surface area contributed by atoms with Crippen molar-refractivity contribution in [2.45, 2.75) is 0 Å². The molecule has 4 rings (SSSR count). The Hall–Kier alpha value is -3.61. The number of ether oxygens (including phenoxy) is 1. The lowest BCUT2D eigenvalue weighted by Gasteiger charge is -2.03. The highest BCUT2D eigenvalue weighted by Crippen LogP contribution is 2.25. The van der Waals surface area contributed by atoms with Crippen LogP contribution in [0.4, 0.5) is 0 Å². The van der Waals surface area contributed by atoms with Crippen molar-refractivity contribution in [1.82, 2.24) is 14.6 Å². The summed E-state index contributed by atoms with van der Waals surface area (Å²) in [7, 11) is 1.47. The van der Waals surface area contributed by atoms with E-state index in [0.29, 0.717) is 22.3 Å². The fourth-order valence-corrected chi connectivity index (χ4v) is 2.68. The summed E-state index contributed by atoms with van der Waals surface area (Å²) >= 11 is 0. The van der Waals surface area contributed by atoms with Crippen molar-refractivity contribution in [3.63, 3.8) is 0 Å². The molecule has 0 atom stereocenters. The Morgan fingerprint density at radius 1 is 1.28 bits per heavy atom. The number of nitrogens with zero attached hydrogens (tertiary/aromatic N) is 3. The molecular weight excluding hydrogens is 320 g/mol. The summed E-state index contributed by atoms with van der Waals surface area (Å²) in [6.07, 6.45) is 2.89. The van der Waals surface area contributed by atoms with Crippen LogP contribution in [0, 0.1) is 0 Å². The lowest BCUT2D eigenvalue weighted by Crippen LogP contribution is -2.17. The highest BCUT2D eigenvalue weighted by molar-refractivity contribution is 6.04. The minimum atomic E-state index is -0.289. The fourth-order valence-electron chi connectivity index (χ4n) is 2.68. The van der Waals surface area contributed by atoms with E-state index in [1.165, 1.54) is 25.7 Å². The van der Waals surface area contributed by atoms with Gasteiger partial charge >= 0.3 is 0 Å². The minimum Gasteiger partial charge on any atom is -0.504 e. The van der Waals surface area contributed by atoms with Gasteiger partial charge in [0.05, 0.1) is 13.3 Å². The van der Waals surface area contributed by atoms with E-state index in [1.807, 2.05) is 24.3 Å². The third kappa shape index (κ3) is 2.51. The zero-order valence-corrected chi connectivity index (χ0v) is 13.3. The third-order valence-corrected chi connectivity index (χ3v) is 3.93. The molecule has 0 saturated heterocycles. The average Bonchev–Trinajstić information content (AvgIpc) is 3.02. The van der Waals surface area contributed by atoms with E-state index in [0.717, 1.165) is 15.6 Å². The Morgan fingerprint density at radius 2 is 2.12 bits per heavy atom. The maximum atomic E-state index is 12.6. The van der Waals surface area contributed by atoms with E-state index in [9.17, 15) is 9.90 Å². The lowest BCUT2D eigenvalue weighted by molar-refractivity contribution is 0.373. The van der Waals surface area contributed by atoms with Gasteiger partial charge in [0.1, 0.15) is 17.4 Å². The normalized spacial score (nSPS) is 11.6. The number of aromatic nitrogens is 3. The second-order valence-corrected chi connectivity index (χ2v) is 5.46. The van der Waals surface area contributed by atoms with Crippen LogP contribution in [0.3, 0.4) is 0 Å². The number of phenols is 1.